The molecule has 216 valence electrons. The summed E-state index contributed by atoms with van der Waals surface area (Å²) in [5, 5.41) is 27.2. The van der Waals surface area contributed by atoms with Gasteiger partial charge in [0.1, 0.15) is 18.0 Å². The molecular weight excluding hydrogens is 531 g/mol. The van der Waals surface area contributed by atoms with Gasteiger partial charge in [0.15, 0.2) is 0 Å². The van der Waals surface area contributed by atoms with Crippen molar-refractivity contribution in [2.75, 3.05) is 19.7 Å². The van der Waals surface area contributed by atoms with Gasteiger partial charge in [0, 0.05) is 37.2 Å². The van der Waals surface area contributed by atoms with Crippen LogP contribution in [0.1, 0.15) is 43.7 Å². The molecule has 0 spiro atoms. The van der Waals surface area contributed by atoms with Gasteiger partial charge in [-0.1, -0.05) is 36.4 Å². The molecule has 0 saturated heterocycles. The van der Waals surface area contributed by atoms with Crippen LogP contribution in [-0.4, -0.2) is 56.1 Å². The highest BCUT2D eigenvalue weighted by Crippen LogP contribution is 2.26. The summed E-state index contributed by atoms with van der Waals surface area (Å²) in [7, 11) is 0. The van der Waals surface area contributed by atoms with Crippen LogP contribution < -0.4 is 4.74 Å². The molecule has 10 nitrogen and oxygen atoms in total. The summed E-state index contributed by atoms with van der Waals surface area (Å²) >= 11 is 0. The summed E-state index contributed by atoms with van der Waals surface area (Å²) < 4.78 is 26.6. The number of hydrogen-bond acceptors (Lipinski definition) is 8. The lowest BCUT2D eigenvalue weighted by molar-refractivity contribution is -0.387. The molecule has 0 fully saturated rings. The van der Waals surface area contributed by atoms with E-state index in [1.807, 2.05) is 48.2 Å². The normalized spacial score (nSPS) is 12.5. The number of carbonyl (C=O) groups is 1. The average molecular weight is 565 g/mol. The van der Waals surface area contributed by atoms with E-state index in [1.165, 1.54) is 10.7 Å². The number of hydrogen-bond donors (Lipinski definition) is 1. The fourth-order valence-electron chi connectivity index (χ4n) is 4.38. The number of ether oxygens (including phenoxy) is 2. The Balaban J connectivity index is 1.49. The average Bonchev–Trinajstić information content (AvgIpc) is 3.24. The monoisotopic (exact) mass is 564 g/mol. The molecule has 41 heavy (non-hydrogen) atoms. The first-order chi connectivity index (χ1) is 19.4. The zero-order chi connectivity index (χ0) is 29.7. The molecule has 0 amide bonds. The molecule has 0 bridgehead atoms. The van der Waals surface area contributed by atoms with Crippen LogP contribution in [0.4, 0.5) is 14.9 Å². The maximum absolute atomic E-state index is 13.8. The molecule has 0 radical (unpaired) electrons. The third-order valence-corrected chi connectivity index (χ3v) is 6.31. The molecule has 0 unspecified atom stereocenters. The molecule has 1 N–H and O–H groups in total. The SMILES string of the molecule is Cc1nn(C(=O)OC(C)(C)C)c2cc(OCCN(Cc3ccccc3)C[C@H](O)c3ccc(F)c([N+](=O)[O-])c3)ccc12. The van der Waals surface area contributed by atoms with Crippen molar-refractivity contribution in [2.24, 2.45) is 0 Å². The highest BCUT2D eigenvalue weighted by Gasteiger charge is 2.22. The molecule has 1 heterocycles. The number of nitro groups is 1. The Morgan fingerprint density at radius 2 is 1.88 bits per heavy atom. The predicted octanol–water partition coefficient (Wildman–Crippen LogP) is 5.79. The minimum absolute atomic E-state index is 0.130. The number of fused-ring (bicyclic) bond motifs is 1. The van der Waals surface area contributed by atoms with Gasteiger partial charge in [0.2, 0.25) is 5.82 Å². The lowest BCUT2D eigenvalue weighted by atomic mass is 10.1. The smallest absolute Gasteiger partial charge is 0.435 e. The standard InChI is InChI=1S/C30H33FN4O6/c1-20-24-12-11-23(17-26(24)34(32-20)29(37)41-30(2,3)4)40-15-14-33(18-21-8-6-5-7-9-21)19-28(36)22-10-13-25(31)27(16-22)35(38)39/h5-13,16-17,28,36H,14-15,18-19H2,1-4H3/t28-/m0/s1. The Morgan fingerprint density at radius 1 is 1.15 bits per heavy atom. The first-order valence-electron chi connectivity index (χ1n) is 13.1. The molecule has 1 aromatic heterocycles. The fourth-order valence-corrected chi connectivity index (χ4v) is 4.38. The van der Waals surface area contributed by atoms with Crippen LogP contribution in [0.15, 0.2) is 66.7 Å². The lowest BCUT2D eigenvalue weighted by Crippen LogP contribution is -2.32. The highest BCUT2D eigenvalue weighted by atomic mass is 19.1. The number of aryl methyl sites for hydroxylation is 1. The second kappa shape index (κ2) is 12.4. The van der Waals surface area contributed by atoms with Crippen molar-refractivity contribution in [1.29, 1.82) is 0 Å². The topological polar surface area (TPSA) is 120 Å². The van der Waals surface area contributed by atoms with E-state index in [1.54, 1.807) is 32.9 Å². The molecule has 3 aromatic carbocycles. The zero-order valence-electron chi connectivity index (χ0n) is 23.4. The maximum atomic E-state index is 13.8. The van der Waals surface area contributed by atoms with Crippen molar-refractivity contribution in [3.05, 3.63) is 99.5 Å². The Kier molecular flexibility index (Phi) is 8.99. The third kappa shape index (κ3) is 7.65. The second-order valence-corrected chi connectivity index (χ2v) is 10.7. The van der Waals surface area contributed by atoms with Crippen LogP contribution in [0.3, 0.4) is 0 Å². The Labute approximate surface area is 237 Å². The van der Waals surface area contributed by atoms with E-state index < -0.39 is 34.2 Å². The molecule has 0 aliphatic carbocycles. The molecular formula is C30H33FN4O6. The van der Waals surface area contributed by atoms with Crippen LogP contribution in [0.2, 0.25) is 0 Å². The minimum Gasteiger partial charge on any atom is -0.492 e. The van der Waals surface area contributed by atoms with Gasteiger partial charge in [-0.15, -0.1) is 0 Å². The van der Waals surface area contributed by atoms with Crippen molar-refractivity contribution in [3.63, 3.8) is 0 Å². The van der Waals surface area contributed by atoms with E-state index in [4.69, 9.17) is 9.47 Å². The molecule has 0 saturated carbocycles. The molecule has 0 aliphatic heterocycles. The fraction of sp³-hybridized carbons (Fsp3) is 0.333. The highest BCUT2D eigenvalue weighted by molar-refractivity contribution is 5.90. The van der Waals surface area contributed by atoms with Gasteiger partial charge in [-0.3, -0.25) is 15.0 Å². The summed E-state index contributed by atoms with van der Waals surface area (Å²) in [6.45, 7) is 8.42. The summed E-state index contributed by atoms with van der Waals surface area (Å²) in [6.07, 6.45) is -1.68. The molecule has 1 atom stereocenters. The van der Waals surface area contributed by atoms with Crippen molar-refractivity contribution in [1.82, 2.24) is 14.7 Å². The quantitative estimate of drug-likeness (QED) is 0.190. The summed E-state index contributed by atoms with van der Waals surface area (Å²) in [6, 6.07) is 18.4. The van der Waals surface area contributed by atoms with Gasteiger partial charge >= 0.3 is 11.8 Å². The minimum atomic E-state index is -1.10. The Bertz CT molecular complexity index is 1530. The second-order valence-electron chi connectivity index (χ2n) is 10.7. The van der Waals surface area contributed by atoms with Crippen LogP contribution in [0.5, 0.6) is 5.75 Å². The maximum Gasteiger partial charge on any atom is 0.435 e. The zero-order valence-corrected chi connectivity index (χ0v) is 23.4. The van der Waals surface area contributed by atoms with E-state index in [0.29, 0.717) is 30.0 Å². The van der Waals surface area contributed by atoms with E-state index in [2.05, 4.69) is 5.10 Å². The van der Waals surface area contributed by atoms with Crippen LogP contribution in [0.25, 0.3) is 10.9 Å². The number of nitro benzene ring substituents is 1. The first kappa shape index (κ1) is 29.6. The molecule has 0 aliphatic rings. The predicted molar refractivity (Wildman–Crippen MR) is 151 cm³/mol. The van der Waals surface area contributed by atoms with E-state index in [-0.39, 0.29) is 18.7 Å². The van der Waals surface area contributed by atoms with Crippen molar-refractivity contribution >= 4 is 22.7 Å². The van der Waals surface area contributed by atoms with Crippen molar-refractivity contribution in [2.45, 2.75) is 45.9 Å². The third-order valence-electron chi connectivity index (χ3n) is 6.31. The number of halogens is 1. The number of benzene rings is 3. The molecule has 11 heteroatoms. The lowest BCUT2D eigenvalue weighted by Gasteiger charge is -2.25. The summed E-state index contributed by atoms with van der Waals surface area (Å²) in [5.41, 5.74) is 1.13. The van der Waals surface area contributed by atoms with Gasteiger partial charge in [0.25, 0.3) is 0 Å². The van der Waals surface area contributed by atoms with Gasteiger partial charge in [-0.05, 0) is 57.0 Å². The molecule has 4 rings (SSSR count). The Hall–Kier alpha value is -4.35. The summed E-state index contributed by atoms with van der Waals surface area (Å²) in [5.74, 6) is -0.433. The van der Waals surface area contributed by atoms with Gasteiger partial charge in [-0.25, -0.2) is 4.79 Å². The van der Waals surface area contributed by atoms with E-state index in [9.17, 15) is 24.4 Å². The number of aliphatic hydroxyl groups excluding tert-OH is 1. The number of carbonyl (C=O) groups excluding carboxylic acids is 1. The Morgan fingerprint density at radius 3 is 2.56 bits per heavy atom. The van der Waals surface area contributed by atoms with E-state index >= 15 is 0 Å². The molecule has 4 aromatic rings. The van der Waals surface area contributed by atoms with Crippen molar-refractivity contribution in [3.8, 4) is 5.75 Å². The number of rotatable bonds is 10. The van der Waals surface area contributed by atoms with Crippen LogP contribution >= 0.6 is 0 Å². The van der Waals surface area contributed by atoms with E-state index in [0.717, 1.165) is 23.1 Å². The van der Waals surface area contributed by atoms with Gasteiger partial charge in [-0.2, -0.15) is 14.2 Å². The van der Waals surface area contributed by atoms with Gasteiger partial charge in [0.05, 0.1) is 22.2 Å². The largest absolute Gasteiger partial charge is 0.492 e. The van der Waals surface area contributed by atoms with Gasteiger partial charge < -0.3 is 14.6 Å². The number of aromatic nitrogens is 2. The van der Waals surface area contributed by atoms with Crippen molar-refractivity contribution < 1.29 is 28.7 Å². The van der Waals surface area contributed by atoms with Crippen LogP contribution in [0, 0.1) is 22.9 Å². The summed E-state index contributed by atoms with van der Waals surface area (Å²) in [4.78, 5) is 25.0. The number of aliphatic hydroxyl groups is 1. The first-order valence-corrected chi connectivity index (χ1v) is 13.1. The van der Waals surface area contributed by atoms with Crippen LogP contribution in [-0.2, 0) is 11.3 Å². The number of nitrogens with zero attached hydrogens (tertiary/aromatic N) is 4.